The molecular formula is C16H24N2O3. The van der Waals surface area contributed by atoms with Crippen LogP contribution in [-0.4, -0.2) is 17.6 Å². The third-order valence-electron chi connectivity index (χ3n) is 4.10. The number of hydrogen-bond acceptors (Lipinski definition) is 4. The summed E-state index contributed by atoms with van der Waals surface area (Å²) in [6, 6.07) is 4.93. The Morgan fingerprint density at radius 1 is 1.33 bits per heavy atom. The van der Waals surface area contributed by atoms with Crippen molar-refractivity contribution in [3.8, 4) is 5.75 Å². The number of rotatable bonds is 6. The number of nitrogens with zero attached hydrogens (tertiary/aromatic N) is 1. The Morgan fingerprint density at radius 2 is 2.14 bits per heavy atom. The lowest BCUT2D eigenvalue weighted by molar-refractivity contribution is -0.384. The molecule has 5 heteroatoms. The predicted molar refractivity (Wildman–Crippen MR) is 83.9 cm³/mol. The number of benzene rings is 1. The molecule has 1 aliphatic rings. The van der Waals surface area contributed by atoms with Crippen LogP contribution in [0, 0.1) is 16.0 Å². The van der Waals surface area contributed by atoms with E-state index in [0.717, 1.165) is 31.0 Å². The number of nitro benzene ring substituents is 1. The van der Waals surface area contributed by atoms with Crippen molar-refractivity contribution in [1.82, 2.24) is 0 Å². The van der Waals surface area contributed by atoms with Crippen molar-refractivity contribution in [3.63, 3.8) is 0 Å². The van der Waals surface area contributed by atoms with Crippen LogP contribution in [0.3, 0.4) is 0 Å². The predicted octanol–water partition coefficient (Wildman–Crippen LogP) is 4.37. The van der Waals surface area contributed by atoms with Crippen molar-refractivity contribution in [2.75, 3.05) is 11.9 Å². The summed E-state index contributed by atoms with van der Waals surface area (Å²) in [6.07, 6.45) is 5.90. The van der Waals surface area contributed by atoms with Crippen LogP contribution in [-0.2, 0) is 0 Å². The van der Waals surface area contributed by atoms with E-state index >= 15 is 0 Å². The molecule has 1 aromatic carbocycles. The van der Waals surface area contributed by atoms with E-state index in [-0.39, 0.29) is 16.7 Å². The van der Waals surface area contributed by atoms with Crippen LogP contribution < -0.4 is 10.1 Å². The summed E-state index contributed by atoms with van der Waals surface area (Å²) in [5, 5.41) is 14.1. The second-order valence-corrected chi connectivity index (χ2v) is 5.68. The molecule has 0 aliphatic heterocycles. The highest BCUT2D eigenvalue weighted by Gasteiger charge is 2.23. The molecule has 0 spiro atoms. The first-order valence-electron chi connectivity index (χ1n) is 7.82. The van der Waals surface area contributed by atoms with Gasteiger partial charge < -0.3 is 10.1 Å². The normalized spacial score (nSPS) is 21.8. The topological polar surface area (TPSA) is 64.4 Å². The third-order valence-corrected chi connectivity index (χ3v) is 4.10. The second-order valence-electron chi connectivity index (χ2n) is 5.68. The molecule has 0 amide bonds. The molecule has 2 atom stereocenters. The van der Waals surface area contributed by atoms with Gasteiger partial charge in [0.25, 0.3) is 5.69 Å². The molecule has 1 fully saturated rings. The molecule has 1 aromatic rings. The maximum Gasteiger partial charge on any atom is 0.275 e. The number of anilines is 1. The van der Waals surface area contributed by atoms with E-state index in [1.165, 1.54) is 25.3 Å². The van der Waals surface area contributed by atoms with Crippen LogP contribution in [0.1, 0.15) is 46.0 Å². The Bertz CT molecular complexity index is 490. The van der Waals surface area contributed by atoms with E-state index in [4.69, 9.17) is 4.74 Å². The Morgan fingerprint density at radius 3 is 2.81 bits per heavy atom. The molecule has 1 saturated carbocycles. The average molecular weight is 292 g/mol. The fourth-order valence-electron chi connectivity index (χ4n) is 2.97. The van der Waals surface area contributed by atoms with Gasteiger partial charge in [0.15, 0.2) is 0 Å². The van der Waals surface area contributed by atoms with Gasteiger partial charge >= 0.3 is 0 Å². The highest BCUT2D eigenvalue weighted by Crippen LogP contribution is 2.32. The van der Waals surface area contributed by atoms with Gasteiger partial charge in [0.05, 0.1) is 17.1 Å². The fourth-order valence-corrected chi connectivity index (χ4v) is 2.97. The van der Waals surface area contributed by atoms with Gasteiger partial charge in [-0.3, -0.25) is 10.1 Å². The van der Waals surface area contributed by atoms with Crippen molar-refractivity contribution in [2.24, 2.45) is 5.92 Å². The molecule has 0 aromatic heterocycles. The summed E-state index contributed by atoms with van der Waals surface area (Å²) in [5.41, 5.74) is 0.816. The molecule has 1 aliphatic carbocycles. The molecule has 0 radical (unpaired) electrons. The quantitative estimate of drug-likeness (QED) is 0.624. The monoisotopic (exact) mass is 292 g/mol. The van der Waals surface area contributed by atoms with Gasteiger partial charge in [-0.2, -0.15) is 0 Å². The zero-order valence-corrected chi connectivity index (χ0v) is 12.8. The maximum atomic E-state index is 11.0. The zero-order valence-electron chi connectivity index (χ0n) is 12.8. The zero-order chi connectivity index (χ0) is 15.2. The molecular weight excluding hydrogens is 268 g/mol. The van der Waals surface area contributed by atoms with Crippen LogP contribution in [0.2, 0.25) is 0 Å². The number of nitrogens with one attached hydrogen (secondary N) is 1. The van der Waals surface area contributed by atoms with E-state index in [0.29, 0.717) is 5.75 Å². The summed E-state index contributed by atoms with van der Waals surface area (Å²) >= 11 is 0. The molecule has 21 heavy (non-hydrogen) atoms. The number of nitro groups is 1. The molecule has 2 unspecified atom stereocenters. The van der Waals surface area contributed by atoms with E-state index in [2.05, 4.69) is 12.2 Å². The van der Waals surface area contributed by atoms with Crippen LogP contribution in [0.25, 0.3) is 0 Å². The highest BCUT2D eigenvalue weighted by atomic mass is 16.6. The molecule has 5 nitrogen and oxygen atoms in total. The summed E-state index contributed by atoms with van der Waals surface area (Å²) in [7, 11) is 0. The van der Waals surface area contributed by atoms with Crippen LogP contribution in [0.5, 0.6) is 5.75 Å². The summed E-state index contributed by atoms with van der Waals surface area (Å²) in [5.74, 6) is 1.32. The SMILES string of the molecule is CCNc1cc(OC2CCCC(CC)C2)cc([N+](=O)[O-])c1. The van der Waals surface area contributed by atoms with Crippen LogP contribution >= 0.6 is 0 Å². The van der Waals surface area contributed by atoms with Crippen molar-refractivity contribution in [2.45, 2.75) is 52.1 Å². The fraction of sp³-hybridized carbons (Fsp3) is 0.625. The first kappa shape index (κ1) is 15.6. The Balaban J connectivity index is 2.12. The maximum absolute atomic E-state index is 11.0. The number of non-ortho nitro benzene ring substituents is 1. The molecule has 1 N–H and O–H groups in total. The standard InChI is InChI=1S/C16H24N2O3/c1-3-12-6-5-7-15(8-12)21-16-10-13(17-4-2)9-14(11-16)18(19)20/h9-12,15,17H,3-8H2,1-2H3. The van der Waals surface area contributed by atoms with E-state index in [9.17, 15) is 10.1 Å². The lowest BCUT2D eigenvalue weighted by Crippen LogP contribution is -2.25. The van der Waals surface area contributed by atoms with E-state index in [1.54, 1.807) is 6.07 Å². The minimum absolute atomic E-state index is 0.0753. The first-order valence-corrected chi connectivity index (χ1v) is 7.82. The Hall–Kier alpha value is -1.78. The first-order chi connectivity index (χ1) is 10.1. The van der Waals surface area contributed by atoms with Gasteiger partial charge in [0.1, 0.15) is 5.75 Å². The molecule has 0 heterocycles. The number of ether oxygens (including phenoxy) is 1. The highest BCUT2D eigenvalue weighted by molar-refractivity contribution is 5.56. The summed E-state index contributed by atoms with van der Waals surface area (Å²) in [6.45, 7) is 4.90. The van der Waals surface area contributed by atoms with Gasteiger partial charge in [-0.25, -0.2) is 0 Å². The smallest absolute Gasteiger partial charge is 0.275 e. The Kier molecular flexibility index (Phi) is 5.42. The largest absolute Gasteiger partial charge is 0.490 e. The summed E-state index contributed by atoms with van der Waals surface area (Å²) < 4.78 is 6.02. The number of hydrogen-bond donors (Lipinski definition) is 1. The molecule has 2 rings (SSSR count). The van der Waals surface area contributed by atoms with Crippen LogP contribution in [0.15, 0.2) is 18.2 Å². The Labute approximate surface area is 125 Å². The van der Waals surface area contributed by atoms with Crippen molar-refractivity contribution in [3.05, 3.63) is 28.3 Å². The van der Waals surface area contributed by atoms with Crippen molar-refractivity contribution < 1.29 is 9.66 Å². The third kappa shape index (κ3) is 4.34. The molecule has 0 saturated heterocycles. The minimum Gasteiger partial charge on any atom is -0.490 e. The van der Waals surface area contributed by atoms with E-state index < -0.39 is 0 Å². The average Bonchev–Trinajstić information content (AvgIpc) is 2.47. The van der Waals surface area contributed by atoms with Crippen LogP contribution in [0.4, 0.5) is 11.4 Å². The van der Waals surface area contributed by atoms with E-state index in [1.807, 2.05) is 13.0 Å². The lowest BCUT2D eigenvalue weighted by Gasteiger charge is -2.29. The molecule has 116 valence electrons. The molecule has 0 bridgehead atoms. The van der Waals surface area contributed by atoms with Gasteiger partial charge in [0, 0.05) is 24.4 Å². The van der Waals surface area contributed by atoms with Crippen molar-refractivity contribution >= 4 is 11.4 Å². The van der Waals surface area contributed by atoms with Gasteiger partial charge in [-0.05, 0) is 32.1 Å². The van der Waals surface area contributed by atoms with Crippen molar-refractivity contribution in [1.29, 1.82) is 0 Å². The minimum atomic E-state index is -0.372. The second kappa shape index (κ2) is 7.29. The lowest BCUT2D eigenvalue weighted by atomic mass is 9.85. The van der Waals surface area contributed by atoms with Gasteiger partial charge in [-0.1, -0.05) is 19.8 Å². The van der Waals surface area contributed by atoms with Gasteiger partial charge in [-0.15, -0.1) is 0 Å². The van der Waals surface area contributed by atoms with Gasteiger partial charge in [0.2, 0.25) is 0 Å². The summed E-state index contributed by atoms with van der Waals surface area (Å²) in [4.78, 5) is 10.7.